The fraction of sp³-hybridized carbons (Fsp3) is 0.850. The Bertz CT molecular complexity index is 441. The molecule has 3 saturated carbocycles. The van der Waals surface area contributed by atoms with E-state index in [1.54, 1.807) is 0 Å². The third kappa shape index (κ3) is 2.23. The molecule has 3 aliphatic rings. The van der Waals surface area contributed by atoms with Gasteiger partial charge >= 0.3 is 0 Å². The van der Waals surface area contributed by atoms with Crippen LogP contribution >= 0.6 is 0 Å². The molecule has 0 aromatic carbocycles. The van der Waals surface area contributed by atoms with E-state index < -0.39 is 0 Å². The van der Waals surface area contributed by atoms with Crippen molar-refractivity contribution in [3.63, 3.8) is 0 Å². The lowest BCUT2D eigenvalue weighted by Crippen LogP contribution is -2.54. The zero-order valence-electron chi connectivity index (χ0n) is 14.2. The second kappa shape index (κ2) is 4.96. The first-order valence-corrected chi connectivity index (χ1v) is 8.97. The average molecular weight is 288 g/mol. The zero-order chi connectivity index (χ0) is 15.3. The standard InChI is InChI=1S/C20H32O/c1-5-18(2)12-9-16-15(13-18)7-8-17-19(3,14-21)10-6-11-20(16,17)4/h5,14-17H,1,6-13H2,2-4H3. The van der Waals surface area contributed by atoms with E-state index in [-0.39, 0.29) is 5.41 Å². The monoisotopic (exact) mass is 288 g/mol. The third-order valence-corrected chi connectivity index (χ3v) is 7.78. The van der Waals surface area contributed by atoms with Gasteiger partial charge in [0.15, 0.2) is 0 Å². The normalized spacial score (nSPS) is 53.4. The summed E-state index contributed by atoms with van der Waals surface area (Å²) in [6.07, 6.45) is 13.7. The number of allylic oxidation sites excluding steroid dienone is 1. The molecule has 0 aliphatic heterocycles. The third-order valence-electron chi connectivity index (χ3n) is 7.78. The highest BCUT2D eigenvalue weighted by atomic mass is 16.1. The molecule has 0 bridgehead atoms. The van der Waals surface area contributed by atoms with Gasteiger partial charge in [-0.05, 0) is 73.5 Å². The molecule has 6 atom stereocenters. The Morgan fingerprint density at radius 3 is 2.48 bits per heavy atom. The van der Waals surface area contributed by atoms with Crippen molar-refractivity contribution in [3.05, 3.63) is 12.7 Å². The zero-order valence-corrected chi connectivity index (χ0v) is 14.2. The van der Waals surface area contributed by atoms with Crippen molar-refractivity contribution in [1.29, 1.82) is 0 Å². The number of aldehydes is 1. The summed E-state index contributed by atoms with van der Waals surface area (Å²) in [6.45, 7) is 11.2. The van der Waals surface area contributed by atoms with Crippen LogP contribution in [0.5, 0.6) is 0 Å². The van der Waals surface area contributed by atoms with Crippen LogP contribution in [0.1, 0.15) is 72.1 Å². The van der Waals surface area contributed by atoms with Gasteiger partial charge in [-0.1, -0.05) is 33.3 Å². The smallest absolute Gasteiger partial charge is 0.126 e. The molecular weight excluding hydrogens is 256 g/mol. The minimum atomic E-state index is -0.0584. The predicted molar refractivity (Wildman–Crippen MR) is 88.0 cm³/mol. The lowest BCUT2D eigenvalue weighted by Gasteiger charge is -2.61. The molecule has 0 aromatic heterocycles. The second-order valence-corrected chi connectivity index (χ2v) is 9.08. The van der Waals surface area contributed by atoms with E-state index in [2.05, 4.69) is 33.4 Å². The topological polar surface area (TPSA) is 17.1 Å². The van der Waals surface area contributed by atoms with Crippen molar-refractivity contribution < 1.29 is 4.79 Å². The van der Waals surface area contributed by atoms with Crippen LogP contribution < -0.4 is 0 Å². The molecule has 0 radical (unpaired) electrons. The van der Waals surface area contributed by atoms with Crippen LogP contribution in [-0.4, -0.2) is 6.29 Å². The minimum absolute atomic E-state index is 0.0584. The van der Waals surface area contributed by atoms with Gasteiger partial charge in [0.1, 0.15) is 6.29 Å². The molecule has 0 amide bonds. The van der Waals surface area contributed by atoms with E-state index in [9.17, 15) is 4.79 Å². The molecule has 0 N–H and O–H groups in total. The van der Waals surface area contributed by atoms with Gasteiger partial charge in [-0.2, -0.15) is 0 Å². The molecular formula is C20H32O. The minimum Gasteiger partial charge on any atom is -0.303 e. The Hall–Kier alpha value is -0.590. The van der Waals surface area contributed by atoms with Gasteiger partial charge in [-0.25, -0.2) is 0 Å². The van der Waals surface area contributed by atoms with Crippen molar-refractivity contribution in [2.75, 3.05) is 0 Å². The largest absolute Gasteiger partial charge is 0.303 e. The van der Waals surface area contributed by atoms with Crippen LogP contribution in [0.25, 0.3) is 0 Å². The molecule has 0 spiro atoms. The molecule has 118 valence electrons. The summed E-state index contributed by atoms with van der Waals surface area (Å²) in [5, 5.41) is 0. The summed E-state index contributed by atoms with van der Waals surface area (Å²) in [5.41, 5.74) is 0.698. The van der Waals surface area contributed by atoms with E-state index in [0.29, 0.717) is 16.7 Å². The molecule has 0 saturated heterocycles. The number of hydrogen-bond donors (Lipinski definition) is 0. The molecule has 3 aliphatic carbocycles. The quantitative estimate of drug-likeness (QED) is 0.491. The van der Waals surface area contributed by atoms with Gasteiger partial charge in [0, 0.05) is 5.41 Å². The molecule has 1 nitrogen and oxygen atoms in total. The SMILES string of the molecule is C=CC1(C)CCC2C(CCC3C(C)(C=O)CCCC23C)C1. The highest BCUT2D eigenvalue weighted by Crippen LogP contribution is 2.64. The van der Waals surface area contributed by atoms with Gasteiger partial charge in [0.25, 0.3) is 0 Å². The van der Waals surface area contributed by atoms with E-state index in [0.717, 1.165) is 18.3 Å². The molecule has 6 unspecified atom stereocenters. The average Bonchev–Trinajstić information content (AvgIpc) is 2.46. The van der Waals surface area contributed by atoms with Crippen molar-refractivity contribution in [2.45, 2.75) is 72.1 Å². The summed E-state index contributed by atoms with van der Waals surface area (Å²) in [6, 6.07) is 0. The summed E-state index contributed by atoms with van der Waals surface area (Å²) in [7, 11) is 0. The van der Waals surface area contributed by atoms with Gasteiger partial charge in [-0.15, -0.1) is 6.58 Å². The number of fused-ring (bicyclic) bond motifs is 3. The maximum atomic E-state index is 11.8. The van der Waals surface area contributed by atoms with Gasteiger partial charge in [-0.3, -0.25) is 0 Å². The van der Waals surface area contributed by atoms with Gasteiger partial charge in [0.2, 0.25) is 0 Å². The maximum absolute atomic E-state index is 11.8. The molecule has 3 fully saturated rings. The maximum Gasteiger partial charge on any atom is 0.126 e. The fourth-order valence-electron chi connectivity index (χ4n) is 6.50. The first-order chi connectivity index (χ1) is 9.87. The summed E-state index contributed by atoms with van der Waals surface area (Å²) >= 11 is 0. The number of rotatable bonds is 2. The van der Waals surface area contributed by atoms with Crippen molar-refractivity contribution in [1.82, 2.24) is 0 Å². The Balaban J connectivity index is 1.89. The Morgan fingerprint density at radius 1 is 1.05 bits per heavy atom. The van der Waals surface area contributed by atoms with E-state index >= 15 is 0 Å². The Labute approximate surface area is 130 Å². The number of hydrogen-bond acceptors (Lipinski definition) is 1. The van der Waals surface area contributed by atoms with Crippen LogP contribution in [-0.2, 0) is 4.79 Å². The highest BCUT2D eigenvalue weighted by Gasteiger charge is 2.57. The first-order valence-electron chi connectivity index (χ1n) is 8.97. The fourth-order valence-corrected chi connectivity index (χ4v) is 6.50. The van der Waals surface area contributed by atoms with E-state index in [1.165, 1.54) is 51.2 Å². The molecule has 0 heterocycles. The second-order valence-electron chi connectivity index (χ2n) is 9.08. The van der Waals surface area contributed by atoms with Gasteiger partial charge < -0.3 is 4.79 Å². The van der Waals surface area contributed by atoms with E-state index in [1.807, 2.05) is 0 Å². The molecule has 0 aromatic rings. The van der Waals surface area contributed by atoms with Crippen molar-refractivity contribution in [3.8, 4) is 0 Å². The predicted octanol–water partition coefficient (Wildman–Crippen LogP) is 5.40. The summed E-state index contributed by atoms with van der Waals surface area (Å²) in [4.78, 5) is 11.8. The van der Waals surface area contributed by atoms with Crippen LogP contribution in [0.2, 0.25) is 0 Å². The van der Waals surface area contributed by atoms with Gasteiger partial charge in [0.05, 0.1) is 0 Å². The lowest BCUT2D eigenvalue weighted by molar-refractivity contribution is -0.144. The van der Waals surface area contributed by atoms with Crippen molar-refractivity contribution in [2.24, 2.45) is 34.0 Å². The lowest BCUT2D eigenvalue weighted by atomic mass is 9.43. The Morgan fingerprint density at radius 2 is 1.81 bits per heavy atom. The molecule has 3 rings (SSSR count). The molecule has 21 heavy (non-hydrogen) atoms. The summed E-state index contributed by atoms with van der Waals surface area (Å²) in [5.74, 6) is 2.31. The Kier molecular flexibility index (Phi) is 3.62. The molecule has 1 heteroatoms. The van der Waals surface area contributed by atoms with E-state index in [4.69, 9.17) is 0 Å². The summed E-state index contributed by atoms with van der Waals surface area (Å²) < 4.78 is 0. The highest BCUT2D eigenvalue weighted by molar-refractivity contribution is 5.60. The van der Waals surface area contributed by atoms with Crippen LogP contribution in [0, 0.1) is 34.0 Å². The van der Waals surface area contributed by atoms with Crippen molar-refractivity contribution >= 4 is 6.29 Å². The number of carbonyl (C=O) groups excluding carboxylic acids is 1. The van der Waals surface area contributed by atoms with Crippen LogP contribution in [0.3, 0.4) is 0 Å². The van der Waals surface area contributed by atoms with Crippen LogP contribution in [0.15, 0.2) is 12.7 Å². The first kappa shape index (κ1) is 15.3. The van der Waals surface area contributed by atoms with Crippen LogP contribution in [0.4, 0.5) is 0 Å². The number of carbonyl (C=O) groups is 1.